The lowest BCUT2D eigenvalue weighted by Crippen LogP contribution is -2.54. The van der Waals surface area contributed by atoms with E-state index < -0.39 is 0 Å². The molecule has 2 aromatic carbocycles. The summed E-state index contributed by atoms with van der Waals surface area (Å²) in [6.07, 6.45) is 4.33. The van der Waals surface area contributed by atoms with Crippen molar-refractivity contribution in [3.05, 3.63) is 63.9 Å². The van der Waals surface area contributed by atoms with Crippen LogP contribution in [0.15, 0.2) is 36.4 Å². The van der Waals surface area contributed by atoms with Gasteiger partial charge in [0.1, 0.15) is 5.82 Å². The molecule has 0 radical (unpaired) electrons. The van der Waals surface area contributed by atoms with Crippen LogP contribution in [-0.4, -0.2) is 47.3 Å². The van der Waals surface area contributed by atoms with Gasteiger partial charge in [0.15, 0.2) is 0 Å². The molecule has 0 aromatic heterocycles. The van der Waals surface area contributed by atoms with Crippen molar-refractivity contribution in [1.82, 2.24) is 9.80 Å². The Bertz CT molecular complexity index is 1040. The smallest absolute Gasteiger partial charge is 0.255 e. The SMILES string of the molecule is Cc1c(CN2CCN(C(=O)C3CCCC3)[C@@H](C)C2)cc(F)cc1NC(=O)c1cccc(Cl)c1. The molecule has 4 rings (SSSR count). The van der Waals surface area contributed by atoms with Gasteiger partial charge in [0.05, 0.1) is 0 Å². The van der Waals surface area contributed by atoms with E-state index in [9.17, 15) is 14.0 Å². The molecule has 5 nitrogen and oxygen atoms in total. The van der Waals surface area contributed by atoms with Gasteiger partial charge in [-0.2, -0.15) is 0 Å². The molecule has 176 valence electrons. The van der Waals surface area contributed by atoms with Gasteiger partial charge in [-0.1, -0.05) is 30.5 Å². The van der Waals surface area contributed by atoms with Crippen molar-refractivity contribution in [1.29, 1.82) is 0 Å². The molecule has 1 N–H and O–H groups in total. The van der Waals surface area contributed by atoms with Crippen molar-refractivity contribution in [3.8, 4) is 0 Å². The first kappa shape index (κ1) is 23.7. The normalized spacial score (nSPS) is 19.6. The van der Waals surface area contributed by atoms with Gasteiger partial charge in [0, 0.05) is 54.4 Å². The second-order valence-electron chi connectivity index (χ2n) is 9.30. The number of amides is 2. The van der Waals surface area contributed by atoms with Crippen LogP contribution in [0.25, 0.3) is 0 Å². The zero-order valence-electron chi connectivity index (χ0n) is 19.2. The summed E-state index contributed by atoms with van der Waals surface area (Å²) in [7, 11) is 0. The Morgan fingerprint density at radius 3 is 2.61 bits per heavy atom. The van der Waals surface area contributed by atoms with Crippen LogP contribution >= 0.6 is 11.6 Å². The van der Waals surface area contributed by atoms with Gasteiger partial charge < -0.3 is 10.2 Å². The summed E-state index contributed by atoms with van der Waals surface area (Å²) in [6, 6.07) is 9.67. The van der Waals surface area contributed by atoms with E-state index in [4.69, 9.17) is 11.6 Å². The lowest BCUT2D eigenvalue weighted by molar-refractivity contribution is -0.140. The molecule has 2 fully saturated rings. The van der Waals surface area contributed by atoms with Crippen LogP contribution in [0.3, 0.4) is 0 Å². The minimum Gasteiger partial charge on any atom is -0.337 e. The molecule has 2 aliphatic rings. The van der Waals surface area contributed by atoms with Crippen LogP contribution in [-0.2, 0) is 11.3 Å². The van der Waals surface area contributed by atoms with E-state index >= 15 is 0 Å². The average molecular weight is 472 g/mol. The Morgan fingerprint density at radius 2 is 1.91 bits per heavy atom. The number of halogens is 2. The molecular weight excluding hydrogens is 441 g/mol. The maximum absolute atomic E-state index is 14.5. The van der Waals surface area contributed by atoms with E-state index in [1.165, 1.54) is 12.1 Å². The lowest BCUT2D eigenvalue weighted by Gasteiger charge is -2.41. The quantitative estimate of drug-likeness (QED) is 0.646. The van der Waals surface area contributed by atoms with Gasteiger partial charge in [-0.15, -0.1) is 0 Å². The Labute approximate surface area is 199 Å². The molecule has 1 saturated carbocycles. The third-order valence-corrected chi connectivity index (χ3v) is 7.14. The summed E-state index contributed by atoms with van der Waals surface area (Å²) in [6.45, 7) is 6.75. The summed E-state index contributed by atoms with van der Waals surface area (Å²) in [5.41, 5.74) is 2.55. The molecule has 1 aliphatic heterocycles. The molecular formula is C26H31ClFN3O2. The number of hydrogen-bond acceptors (Lipinski definition) is 3. The Hall–Kier alpha value is -2.44. The Morgan fingerprint density at radius 1 is 1.15 bits per heavy atom. The number of piperazine rings is 1. The second kappa shape index (κ2) is 10.2. The first-order valence-corrected chi connectivity index (χ1v) is 12.1. The number of carbonyl (C=O) groups is 2. The minimum absolute atomic E-state index is 0.128. The van der Waals surface area contributed by atoms with E-state index in [1.807, 2.05) is 11.8 Å². The number of hydrogen-bond donors (Lipinski definition) is 1. The van der Waals surface area contributed by atoms with Gasteiger partial charge in [0.2, 0.25) is 5.91 Å². The molecule has 1 saturated heterocycles. The monoisotopic (exact) mass is 471 g/mol. The van der Waals surface area contributed by atoms with E-state index in [-0.39, 0.29) is 23.7 Å². The zero-order chi connectivity index (χ0) is 23.5. The third-order valence-electron chi connectivity index (χ3n) is 6.91. The highest BCUT2D eigenvalue weighted by molar-refractivity contribution is 6.31. The van der Waals surface area contributed by atoms with Crippen molar-refractivity contribution in [2.45, 2.75) is 52.1 Å². The third kappa shape index (κ3) is 5.56. The number of nitrogens with one attached hydrogen (secondary N) is 1. The van der Waals surface area contributed by atoms with Crippen molar-refractivity contribution in [2.24, 2.45) is 5.92 Å². The first-order chi connectivity index (χ1) is 15.8. The number of carbonyl (C=O) groups excluding carboxylic acids is 2. The molecule has 0 bridgehead atoms. The lowest BCUT2D eigenvalue weighted by atomic mass is 10.0. The fourth-order valence-corrected chi connectivity index (χ4v) is 5.20. The number of rotatable bonds is 5. The summed E-state index contributed by atoms with van der Waals surface area (Å²) in [5, 5.41) is 3.30. The van der Waals surface area contributed by atoms with E-state index in [0.717, 1.165) is 49.9 Å². The fourth-order valence-electron chi connectivity index (χ4n) is 5.01. The molecule has 2 aromatic rings. The standard InChI is InChI=1S/C26H31ClFN3O2/c1-17-15-30(10-11-31(17)26(33)19-6-3-4-7-19)16-21-13-23(28)14-24(18(21)2)29-25(32)20-8-5-9-22(27)12-20/h5,8-9,12-14,17,19H,3-4,6-7,10-11,15-16H2,1-2H3,(H,29,32)/t17-/m0/s1. The van der Waals surface area contributed by atoms with E-state index in [1.54, 1.807) is 24.3 Å². The zero-order valence-corrected chi connectivity index (χ0v) is 20.0. The molecule has 1 heterocycles. The van der Waals surface area contributed by atoms with Gasteiger partial charge >= 0.3 is 0 Å². The van der Waals surface area contributed by atoms with Crippen LogP contribution < -0.4 is 5.32 Å². The maximum atomic E-state index is 14.5. The Kier molecular flexibility index (Phi) is 7.35. The van der Waals surface area contributed by atoms with Crippen LogP contribution in [0, 0.1) is 18.7 Å². The average Bonchev–Trinajstić information content (AvgIpc) is 3.31. The minimum atomic E-state index is -0.389. The predicted molar refractivity (Wildman–Crippen MR) is 129 cm³/mol. The molecule has 1 aliphatic carbocycles. The number of benzene rings is 2. The second-order valence-corrected chi connectivity index (χ2v) is 9.74. The number of anilines is 1. The fraction of sp³-hybridized carbons (Fsp3) is 0.462. The molecule has 1 atom stereocenters. The van der Waals surface area contributed by atoms with Crippen LogP contribution in [0.1, 0.15) is 54.1 Å². The summed E-state index contributed by atoms with van der Waals surface area (Å²) < 4.78 is 14.5. The van der Waals surface area contributed by atoms with Gasteiger partial charge in [-0.05, 0) is 68.1 Å². The molecule has 0 unspecified atom stereocenters. The summed E-state index contributed by atoms with van der Waals surface area (Å²) in [4.78, 5) is 29.8. The van der Waals surface area contributed by atoms with Gasteiger partial charge in [-0.3, -0.25) is 14.5 Å². The van der Waals surface area contributed by atoms with E-state index in [0.29, 0.717) is 35.3 Å². The molecule has 0 spiro atoms. The van der Waals surface area contributed by atoms with Gasteiger partial charge in [0.25, 0.3) is 5.91 Å². The number of nitrogens with zero attached hydrogens (tertiary/aromatic N) is 2. The van der Waals surface area contributed by atoms with Crippen LogP contribution in [0.2, 0.25) is 5.02 Å². The van der Waals surface area contributed by atoms with Crippen molar-refractivity contribution < 1.29 is 14.0 Å². The molecule has 7 heteroatoms. The summed E-state index contributed by atoms with van der Waals surface area (Å²) in [5.74, 6) is -0.229. The van der Waals surface area contributed by atoms with Crippen LogP contribution in [0.5, 0.6) is 0 Å². The van der Waals surface area contributed by atoms with Gasteiger partial charge in [-0.25, -0.2) is 4.39 Å². The highest BCUT2D eigenvalue weighted by Crippen LogP contribution is 2.29. The maximum Gasteiger partial charge on any atom is 0.255 e. The Balaban J connectivity index is 1.43. The first-order valence-electron chi connectivity index (χ1n) is 11.7. The van der Waals surface area contributed by atoms with Crippen molar-refractivity contribution in [2.75, 3.05) is 25.0 Å². The highest BCUT2D eigenvalue weighted by Gasteiger charge is 2.33. The van der Waals surface area contributed by atoms with Crippen molar-refractivity contribution in [3.63, 3.8) is 0 Å². The summed E-state index contributed by atoms with van der Waals surface area (Å²) >= 11 is 5.99. The van der Waals surface area contributed by atoms with E-state index in [2.05, 4.69) is 17.1 Å². The topological polar surface area (TPSA) is 52.6 Å². The van der Waals surface area contributed by atoms with Crippen LogP contribution in [0.4, 0.5) is 10.1 Å². The van der Waals surface area contributed by atoms with Crippen molar-refractivity contribution >= 4 is 29.1 Å². The highest BCUT2D eigenvalue weighted by atomic mass is 35.5. The molecule has 33 heavy (non-hydrogen) atoms. The predicted octanol–water partition coefficient (Wildman–Crippen LogP) is 5.26. The molecule has 2 amide bonds. The largest absolute Gasteiger partial charge is 0.337 e.